The highest BCUT2D eigenvalue weighted by molar-refractivity contribution is 5.70. The van der Waals surface area contributed by atoms with Gasteiger partial charge in [0.2, 0.25) is 0 Å². The fourth-order valence-corrected chi connectivity index (χ4v) is 7.68. The van der Waals surface area contributed by atoms with Gasteiger partial charge in [-0.25, -0.2) is 0 Å². The van der Waals surface area contributed by atoms with Crippen LogP contribution in [0.25, 0.3) is 0 Å². The molecule has 0 spiro atoms. The van der Waals surface area contributed by atoms with Crippen molar-refractivity contribution in [3.8, 4) is 0 Å². The molecule has 66 heavy (non-hydrogen) atoms. The van der Waals surface area contributed by atoms with Crippen LogP contribution in [-0.2, 0) is 23.8 Å². The van der Waals surface area contributed by atoms with E-state index in [-0.39, 0.29) is 25.2 Å². The number of allylic oxidation sites excluding steroid dienone is 14. The number of ether oxygens (including phenoxy) is 3. The molecule has 1 atom stereocenters. The molecular formula is C61H106O5. The van der Waals surface area contributed by atoms with E-state index < -0.39 is 6.10 Å². The van der Waals surface area contributed by atoms with Crippen LogP contribution in [0.1, 0.15) is 265 Å². The van der Waals surface area contributed by atoms with Crippen molar-refractivity contribution in [2.45, 2.75) is 271 Å². The second-order valence-corrected chi connectivity index (χ2v) is 18.5. The summed E-state index contributed by atoms with van der Waals surface area (Å²) in [5.41, 5.74) is 0. The van der Waals surface area contributed by atoms with E-state index in [2.05, 4.69) is 106 Å². The van der Waals surface area contributed by atoms with Crippen molar-refractivity contribution in [3.63, 3.8) is 0 Å². The summed E-state index contributed by atoms with van der Waals surface area (Å²) in [6.07, 6.45) is 74.6. The predicted molar refractivity (Wildman–Crippen MR) is 288 cm³/mol. The lowest BCUT2D eigenvalue weighted by molar-refractivity contribution is -0.163. The summed E-state index contributed by atoms with van der Waals surface area (Å²) < 4.78 is 17.4. The van der Waals surface area contributed by atoms with Gasteiger partial charge >= 0.3 is 11.9 Å². The summed E-state index contributed by atoms with van der Waals surface area (Å²) in [6.45, 7) is 7.72. The number of carbonyl (C=O) groups is 2. The third-order valence-electron chi connectivity index (χ3n) is 11.9. The Labute approximate surface area is 409 Å². The predicted octanol–water partition coefficient (Wildman–Crippen LogP) is 19.2. The van der Waals surface area contributed by atoms with Crippen molar-refractivity contribution in [2.24, 2.45) is 0 Å². The summed E-state index contributed by atoms with van der Waals surface area (Å²) in [4.78, 5) is 25.5. The first-order valence-corrected chi connectivity index (χ1v) is 28.1. The molecule has 0 unspecified atom stereocenters. The van der Waals surface area contributed by atoms with Gasteiger partial charge in [0.05, 0.1) is 6.61 Å². The minimum Gasteiger partial charge on any atom is -0.462 e. The Morgan fingerprint density at radius 3 is 1.06 bits per heavy atom. The SMILES string of the molecule is CCCCC/C=C\C/C=C\C/C=C\C/C=C\CCCCCC(=O)OC[C@@H](COCCCCCCCCCCCCCCCCCC)OC(=O)CCCC/C=C\C/C=C\C/C=C\CCCCC. The van der Waals surface area contributed by atoms with Gasteiger partial charge in [-0.3, -0.25) is 9.59 Å². The minimum absolute atomic E-state index is 0.0522. The highest BCUT2D eigenvalue weighted by atomic mass is 16.6. The maximum Gasteiger partial charge on any atom is 0.306 e. The molecule has 380 valence electrons. The molecule has 5 heteroatoms. The lowest BCUT2D eigenvalue weighted by atomic mass is 10.0. The quantitative estimate of drug-likeness (QED) is 0.0346. The fourth-order valence-electron chi connectivity index (χ4n) is 7.68. The summed E-state index contributed by atoms with van der Waals surface area (Å²) in [6, 6.07) is 0. The number of esters is 2. The smallest absolute Gasteiger partial charge is 0.306 e. The van der Waals surface area contributed by atoms with Gasteiger partial charge < -0.3 is 14.2 Å². The maximum atomic E-state index is 12.8. The van der Waals surface area contributed by atoms with Gasteiger partial charge in [-0.15, -0.1) is 0 Å². The average Bonchev–Trinajstić information content (AvgIpc) is 3.32. The van der Waals surface area contributed by atoms with Crippen LogP contribution < -0.4 is 0 Å². The first-order valence-electron chi connectivity index (χ1n) is 28.1. The van der Waals surface area contributed by atoms with E-state index in [1.165, 1.54) is 141 Å². The molecule has 0 amide bonds. The summed E-state index contributed by atoms with van der Waals surface area (Å²) in [5.74, 6) is -0.472. The summed E-state index contributed by atoms with van der Waals surface area (Å²) in [5, 5.41) is 0. The standard InChI is InChI=1S/C61H106O5/c1-4-7-10-13-16-19-22-25-28-30-31-32-34-36-39-42-45-48-51-54-60(62)65-58-59(57-64-56-53-50-47-44-41-38-35-29-26-23-20-17-14-11-8-5-2)66-61(63)55-52-49-46-43-40-37-33-27-24-21-18-15-12-9-6-3/h16,18-19,21,25,27-28,31-33,36,39-40,43,59H,4-15,17,20,22-24,26,29-30,34-35,37-38,41-42,44-58H2,1-3H3/b19-16-,21-18-,28-25-,32-31-,33-27-,39-36-,43-40-/t59-/m1/s1. The van der Waals surface area contributed by atoms with E-state index in [4.69, 9.17) is 14.2 Å². The molecule has 0 aromatic carbocycles. The van der Waals surface area contributed by atoms with Crippen LogP contribution in [0.3, 0.4) is 0 Å². The lowest BCUT2D eigenvalue weighted by Crippen LogP contribution is -2.30. The van der Waals surface area contributed by atoms with Crippen molar-refractivity contribution in [2.75, 3.05) is 19.8 Å². The number of carbonyl (C=O) groups excluding carboxylic acids is 2. The minimum atomic E-state index is -0.571. The second-order valence-electron chi connectivity index (χ2n) is 18.5. The molecule has 0 aliphatic carbocycles. The van der Waals surface area contributed by atoms with Crippen molar-refractivity contribution in [3.05, 3.63) is 85.1 Å². The maximum absolute atomic E-state index is 12.8. The van der Waals surface area contributed by atoms with Crippen LogP contribution in [0.4, 0.5) is 0 Å². The zero-order valence-electron chi connectivity index (χ0n) is 43.7. The monoisotopic (exact) mass is 919 g/mol. The van der Waals surface area contributed by atoms with Crippen molar-refractivity contribution in [1.82, 2.24) is 0 Å². The van der Waals surface area contributed by atoms with Gasteiger partial charge in [0.1, 0.15) is 6.61 Å². The number of rotatable bonds is 51. The molecule has 0 saturated carbocycles. The fraction of sp³-hybridized carbons (Fsp3) is 0.738. The Kier molecular flexibility index (Phi) is 53.9. The topological polar surface area (TPSA) is 61.8 Å². The van der Waals surface area contributed by atoms with Gasteiger partial charge in [-0.05, 0) is 103 Å². The first-order chi connectivity index (χ1) is 32.6. The lowest BCUT2D eigenvalue weighted by Gasteiger charge is -2.18. The summed E-state index contributed by atoms with van der Waals surface area (Å²) >= 11 is 0. The Morgan fingerprint density at radius 1 is 0.333 bits per heavy atom. The van der Waals surface area contributed by atoms with Gasteiger partial charge in [0.25, 0.3) is 0 Å². The van der Waals surface area contributed by atoms with E-state index in [1.54, 1.807) is 0 Å². The van der Waals surface area contributed by atoms with E-state index in [0.29, 0.717) is 19.4 Å². The largest absolute Gasteiger partial charge is 0.462 e. The zero-order chi connectivity index (χ0) is 47.7. The Balaban J connectivity index is 4.38. The highest BCUT2D eigenvalue weighted by Crippen LogP contribution is 2.15. The van der Waals surface area contributed by atoms with Crippen molar-refractivity contribution >= 4 is 11.9 Å². The van der Waals surface area contributed by atoms with Crippen LogP contribution in [-0.4, -0.2) is 37.9 Å². The molecule has 0 fully saturated rings. The molecular weight excluding hydrogens is 813 g/mol. The van der Waals surface area contributed by atoms with Gasteiger partial charge in [0, 0.05) is 19.4 Å². The van der Waals surface area contributed by atoms with Gasteiger partial charge in [-0.2, -0.15) is 0 Å². The molecule has 0 N–H and O–H groups in total. The second kappa shape index (κ2) is 56.4. The van der Waals surface area contributed by atoms with E-state index >= 15 is 0 Å². The third-order valence-corrected chi connectivity index (χ3v) is 11.9. The van der Waals surface area contributed by atoms with Crippen LogP contribution in [0.2, 0.25) is 0 Å². The Morgan fingerprint density at radius 2 is 0.636 bits per heavy atom. The molecule has 0 aliphatic rings. The third kappa shape index (κ3) is 53.7. The Bertz CT molecular complexity index is 1220. The van der Waals surface area contributed by atoms with Crippen molar-refractivity contribution < 1.29 is 23.8 Å². The molecule has 0 radical (unpaired) electrons. The molecule has 0 aromatic rings. The normalized spacial score (nSPS) is 12.8. The van der Waals surface area contributed by atoms with Crippen molar-refractivity contribution in [1.29, 1.82) is 0 Å². The van der Waals surface area contributed by atoms with Gasteiger partial charge in [-0.1, -0.05) is 234 Å². The molecule has 0 saturated heterocycles. The van der Waals surface area contributed by atoms with E-state index in [1.807, 2.05) is 0 Å². The molecule has 0 bridgehead atoms. The highest BCUT2D eigenvalue weighted by Gasteiger charge is 2.17. The zero-order valence-corrected chi connectivity index (χ0v) is 43.7. The average molecular weight is 920 g/mol. The molecule has 5 nitrogen and oxygen atoms in total. The first kappa shape index (κ1) is 63.1. The number of hydrogen-bond acceptors (Lipinski definition) is 5. The van der Waals surface area contributed by atoms with Crippen LogP contribution in [0, 0.1) is 0 Å². The van der Waals surface area contributed by atoms with Gasteiger partial charge in [0.15, 0.2) is 6.10 Å². The summed E-state index contributed by atoms with van der Waals surface area (Å²) in [7, 11) is 0. The van der Waals surface area contributed by atoms with E-state index in [9.17, 15) is 9.59 Å². The molecule has 0 aromatic heterocycles. The van der Waals surface area contributed by atoms with E-state index in [0.717, 1.165) is 89.9 Å². The molecule has 0 aliphatic heterocycles. The number of unbranched alkanes of at least 4 members (excludes halogenated alkanes) is 26. The van der Waals surface area contributed by atoms with Crippen LogP contribution >= 0.6 is 0 Å². The molecule has 0 rings (SSSR count). The van der Waals surface area contributed by atoms with Crippen LogP contribution in [0.15, 0.2) is 85.1 Å². The number of hydrogen-bond donors (Lipinski definition) is 0. The van der Waals surface area contributed by atoms with Crippen LogP contribution in [0.5, 0.6) is 0 Å². The Hall–Kier alpha value is -2.92. The molecule has 0 heterocycles.